The van der Waals surface area contributed by atoms with E-state index < -0.39 is 0 Å². The Balaban J connectivity index is 1.46. The Labute approximate surface area is 180 Å². The number of hydrogen-bond donors (Lipinski definition) is 1. The molecule has 2 aromatic rings. The highest BCUT2D eigenvalue weighted by Gasteiger charge is 2.29. The molecule has 1 atom stereocenters. The molecule has 1 aromatic carbocycles. The quantitative estimate of drug-likeness (QED) is 0.750. The van der Waals surface area contributed by atoms with E-state index in [1.807, 2.05) is 30.3 Å². The molecule has 0 radical (unpaired) electrons. The van der Waals surface area contributed by atoms with Crippen LogP contribution in [-0.4, -0.2) is 53.2 Å². The number of carbonyl (C=O) groups excluding carboxylic acids is 1. The molecule has 30 heavy (non-hydrogen) atoms. The van der Waals surface area contributed by atoms with Gasteiger partial charge in [0, 0.05) is 37.8 Å². The van der Waals surface area contributed by atoms with E-state index in [1.54, 1.807) is 4.90 Å². The van der Waals surface area contributed by atoms with Crippen molar-refractivity contribution in [2.75, 3.05) is 31.1 Å². The van der Waals surface area contributed by atoms with E-state index in [1.165, 1.54) is 0 Å². The number of rotatable bonds is 4. The Morgan fingerprint density at radius 2 is 2.13 bits per heavy atom. The minimum atomic E-state index is -0.364. The van der Waals surface area contributed by atoms with Crippen molar-refractivity contribution in [3.63, 3.8) is 0 Å². The van der Waals surface area contributed by atoms with Gasteiger partial charge < -0.3 is 19.9 Å². The van der Waals surface area contributed by atoms with E-state index in [2.05, 4.69) is 26.3 Å². The first kappa shape index (κ1) is 20.4. The second-order valence-corrected chi connectivity index (χ2v) is 7.75. The van der Waals surface area contributed by atoms with E-state index in [0.29, 0.717) is 32.5 Å². The molecule has 0 unspecified atom stereocenters. The number of nitrogens with one attached hydrogen (secondary N) is 1. The van der Waals surface area contributed by atoms with Gasteiger partial charge in [0.2, 0.25) is 5.28 Å². The van der Waals surface area contributed by atoms with E-state index >= 15 is 0 Å². The van der Waals surface area contributed by atoms with Gasteiger partial charge in [-0.1, -0.05) is 30.3 Å². The topological polar surface area (TPSA) is 94.4 Å². The largest absolute Gasteiger partial charge is 0.445 e. The molecule has 0 saturated carbocycles. The molecule has 0 bridgehead atoms. The molecule has 0 aliphatic carbocycles. The summed E-state index contributed by atoms with van der Waals surface area (Å²) in [7, 11) is 0. The Morgan fingerprint density at radius 1 is 1.30 bits per heavy atom. The maximum absolute atomic E-state index is 12.5. The molecule has 2 aliphatic heterocycles. The van der Waals surface area contributed by atoms with Crippen LogP contribution < -0.4 is 10.2 Å². The van der Waals surface area contributed by atoms with Gasteiger partial charge in [-0.15, -0.1) is 0 Å². The Bertz CT molecular complexity index is 949. The highest BCUT2D eigenvalue weighted by molar-refractivity contribution is 6.28. The second kappa shape index (κ2) is 9.28. The summed E-state index contributed by atoms with van der Waals surface area (Å²) in [6.07, 6.45) is 0.713. The monoisotopic (exact) mass is 426 g/mol. The fraction of sp³-hybridized carbons (Fsp3) is 0.429. The van der Waals surface area contributed by atoms with Crippen molar-refractivity contribution in [1.29, 1.82) is 5.26 Å². The van der Waals surface area contributed by atoms with Crippen LogP contribution in [-0.2, 0) is 24.3 Å². The van der Waals surface area contributed by atoms with Gasteiger partial charge in [0.25, 0.3) is 0 Å². The van der Waals surface area contributed by atoms with E-state index in [-0.39, 0.29) is 24.0 Å². The zero-order valence-corrected chi connectivity index (χ0v) is 17.3. The van der Waals surface area contributed by atoms with Crippen molar-refractivity contribution in [2.24, 2.45) is 0 Å². The van der Waals surface area contributed by atoms with Gasteiger partial charge >= 0.3 is 6.09 Å². The van der Waals surface area contributed by atoms with Gasteiger partial charge in [-0.25, -0.2) is 14.8 Å². The van der Waals surface area contributed by atoms with Crippen LogP contribution in [0.1, 0.15) is 23.2 Å². The molecule has 1 aromatic heterocycles. The van der Waals surface area contributed by atoms with Crippen LogP contribution in [0.2, 0.25) is 5.28 Å². The number of benzene rings is 1. The molecule has 8 nitrogen and oxygen atoms in total. The van der Waals surface area contributed by atoms with Crippen molar-refractivity contribution < 1.29 is 9.53 Å². The minimum absolute atomic E-state index is 0.0983. The highest BCUT2D eigenvalue weighted by Crippen LogP contribution is 2.29. The van der Waals surface area contributed by atoms with Crippen molar-refractivity contribution in [3.05, 3.63) is 52.4 Å². The number of fused-ring (bicyclic) bond motifs is 1. The number of nitrogens with zero attached hydrogens (tertiary/aromatic N) is 5. The lowest BCUT2D eigenvalue weighted by atomic mass is 10.0. The number of nitriles is 1. The summed E-state index contributed by atoms with van der Waals surface area (Å²) >= 11 is 6.22. The summed E-state index contributed by atoms with van der Waals surface area (Å²) in [5, 5.41) is 12.5. The molecule has 2 aliphatic rings. The summed E-state index contributed by atoms with van der Waals surface area (Å²) in [6.45, 7) is 3.36. The number of amides is 1. The number of aromatic nitrogens is 2. The number of anilines is 1. The molecule has 0 spiro atoms. The van der Waals surface area contributed by atoms with Gasteiger partial charge in [-0.2, -0.15) is 5.26 Å². The predicted molar refractivity (Wildman–Crippen MR) is 112 cm³/mol. The summed E-state index contributed by atoms with van der Waals surface area (Å²) in [4.78, 5) is 25.2. The van der Waals surface area contributed by atoms with E-state index in [0.717, 1.165) is 35.7 Å². The molecule has 1 N–H and O–H groups in total. The molecule has 1 amide bonds. The van der Waals surface area contributed by atoms with Crippen LogP contribution >= 0.6 is 11.6 Å². The van der Waals surface area contributed by atoms with Gasteiger partial charge in [-0.3, -0.25) is 0 Å². The van der Waals surface area contributed by atoms with Crippen molar-refractivity contribution in [1.82, 2.24) is 20.2 Å². The van der Waals surface area contributed by atoms with Crippen LogP contribution in [0.25, 0.3) is 0 Å². The van der Waals surface area contributed by atoms with Gasteiger partial charge in [0.1, 0.15) is 12.4 Å². The normalized spacial score (nSPS) is 18.5. The Morgan fingerprint density at radius 3 is 2.93 bits per heavy atom. The fourth-order valence-electron chi connectivity index (χ4n) is 3.87. The molecular weight excluding hydrogens is 404 g/mol. The summed E-state index contributed by atoms with van der Waals surface area (Å²) in [5.74, 6) is 0.812. The summed E-state index contributed by atoms with van der Waals surface area (Å²) in [5.41, 5.74) is 2.72. The molecular formula is C21H23ClN6O2. The smallest absolute Gasteiger partial charge is 0.410 e. The molecule has 4 rings (SSSR count). The van der Waals surface area contributed by atoms with Crippen molar-refractivity contribution in [3.8, 4) is 6.07 Å². The van der Waals surface area contributed by atoms with Gasteiger partial charge in [0.05, 0.1) is 24.7 Å². The molecule has 1 fully saturated rings. The SMILES string of the molecule is N#CC[C@H]1CN(c2nc(Cl)nc3c2CCN(C(=O)OCc2ccccc2)C3)CCN1. The maximum Gasteiger partial charge on any atom is 0.410 e. The summed E-state index contributed by atoms with van der Waals surface area (Å²) in [6, 6.07) is 11.9. The molecule has 1 saturated heterocycles. The minimum Gasteiger partial charge on any atom is -0.445 e. The number of piperazine rings is 1. The van der Waals surface area contributed by atoms with E-state index in [4.69, 9.17) is 21.6 Å². The lowest BCUT2D eigenvalue weighted by molar-refractivity contribution is 0.0912. The third-order valence-electron chi connectivity index (χ3n) is 5.37. The zero-order valence-electron chi connectivity index (χ0n) is 16.6. The van der Waals surface area contributed by atoms with Crippen LogP contribution in [0.15, 0.2) is 30.3 Å². The standard InChI is InChI=1S/C21H23ClN6O2/c22-20-25-18-13-28(21(29)30-14-15-4-2-1-3-5-15)10-7-17(18)19(26-20)27-11-9-24-16(12-27)6-8-23/h1-5,16,24H,6-7,9-14H2/t16-/m0/s1. The molecule has 156 valence electrons. The first-order valence-electron chi connectivity index (χ1n) is 10.00. The van der Waals surface area contributed by atoms with Crippen molar-refractivity contribution in [2.45, 2.75) is 32.0 Å². The van der Waals surface area contributed by atoms with Crippen LogP contribution in [0.5, 0.6) is 0 Å². The number of halogens is 1. The average Bonchev–Trinajstić information content (AvgIpc) is 2.77. The summed E-state index contributed by atoms with van der Waals surface area (Å²) < 4.78 is 5.46. The fourth-order valence-corrected chi connectivity index (χ4v) is 4.06. The molecule has 3 heterocycles. The van der Waals surface area contributed by atoms with Crippen LogP contribution in [0, 0.1) is 11.3 Å². The zero-order chi connectivity index (χ0) is 20.9. The van der Waals surface area contributed by atoms with Crippen molar-refractivity contribution >= 4 is 23.5 Å². The van der Waals surface area contributed by atoms with Crippen LogP contribution in [0.3, 0.4) is 0 Å². The lowest BCUT2D eigenvalue weighted by Gasteiger charge is -2.36. The van der Waals surface area contributed by atoms with Gasteiger partial charge in [-0.05, 0) is 23.6 Å². The van der Waals surface area contributed by atoms with Crippen LogP contribution in [0.4, 0.5) is 10.6 Å². The Kier molecular flexibility index (Phi) is 6.31. The third-order valence-corrected chi connectivity index (χ3v) is 5.54. The lowest BCUT2D eigenvalue weighted by Crippen LogP contribution is -2.51. The first-order valence-corrected chi connectivity index (χ1v) is 10.4. The number of ether oxygens (including phenoxy) is 1. The average molecular weight is 427 g/mol. The number of carbonyl (C=O) groups is 1. The maximum atomic E-state index is 12.5. The van der Waals surface area contributed by atoms with Gasteiger partial charge in [0.15, 0.2) is 0 Å². The second-order valence-electron chi connectivity index (χ2n) is 7.41. The number of hydrogen-bond acceptors (Lipinski definition) is 7. The Hall–Kier alpha value is -2.89. The van der Waals surface area contributed by atoms with E-state index in [9.17, 15) is 4.79 Å². The molecule has 9 heteroatoms. The highest BCUT2D eigenvalue weighted by atomic mass is 35.5. The third kappa shape index (κ3) is 4.64. The predicted octanol–water partition coefficient (Wildman–Crippen LogP) is 2.52. The first-order chi connectivity index (χ1) is 14.6.